The van der Waals surface area contributed by atoms with Crippen LogP contribution in [0.25, 0.3) is 0 Å². The van der Waals surface area contributed by atoms with Crippen molar-refractivity contribution in [3.05, 3.63) is 58.6 Å². The molecule has 2 rings (SSSR count). The molecule has 0 fully saturated rings. The van der Waals surface area contributed by atoms with Crippen LogP contribution in [0.15, 0.2) is 42.5 Å². The number of halogens is 1. The van der Waals surface area contributed by atoms with Gasteiger partial charge in [-0.2, -0.15) is 0 Å². The van der Waals surface area contributed by atoms with E-state index >= 15 is 0 Å². The lowest BCUT2D eigenvalue weighted by Gasteiger charge is -2.19. The van der Waals surface area contributed by atoms with E-state index in [9.17, 15) is 4.79 Å². The lowest BCUT2D eigenvalue weighted by molar-refractivity contribution is -0.116. The first-order chi connectivity index (χ1) is 12.4. The SMILES string of the molecule is CC(C)CC(=O)Nc1cccc(CNCc2c(Cl)cccc2N(C)C)c1. The molecule has 0 aliphatic rings. The molecule has 2 aromatic rings. The molecule has 0 heterocycles. The van der Waals surface area contributed by atoms with Crippen LogP contribution in [0, 0.1) is 5.92 Å². The van der Waals surface area contributed by atoms with Crippen molar-refractivity contribution >= 4 is 28.9 Å². The number of nitrogens with zero attached hydrogens (tertiary/aromatic N) is 1. The number of rotatable bonds is 8. The quantitative estimate of drug-likeness (QED) is 0.706. The van der Waals surface area contributed by atoms with E-state index in [1.165, 1.54) is 0 Å². The number of benzene rings is 2. The van der Waals surface area contributed by atoms with Gasteiger partial charge in [0.05, 0.1) is 0 Å². The summed E-state index contributed by atoms with van der Waals surface area (Å²) in [6.07, 6.45) is 0.530. The van der Waals surface area contributed by atoms with Gasteiger partial charge < -0.3 is 15.5 Å². The maximum absolute atomic E-state index is 11.9. The minimum absolute atomic E-state index is 0.0526. The van der Waals surface area contributed by atoms with E-state index in [1.807, 2.05) is 64.3 Å². The molecule has 0 aromatic heterocycles. The summed E-state index contributed by atoms with van der Waals surface area (Å²) in [5.41, 5.74) is 4.15. The minimum atomic E-state index is 0.0526. The molecular formula is C21H28ClN3O. The molecule has 26 heavy (non-hydrogen) atoms. The number of hydrogen-bond acceptors (Lipinski definition) is 3. The summed E-state index contributed by atoms with van der Waals surface area (Å²) in [6, 6.07) is 13.9. The van der Waals surface area contributed by atoms with Gasteiger partial charge in [0, 0.05) is 55.6 Å². The van der Waals surface area contributed by atoms with Crippen molar-refractivity contribution in [2.75, 3.05) is 24.3 Å². The third kappa shape index (κ3) is 6.04. The predicted octanol–water partition coefficient (Wildman–Crippen LogP) is 4.68. The number of nitrogens with one attached hydrogen (secondary N) is 2. The summed E-state index contributed by atoms with van der Waals surface area (Å²) < 4.78 is 0. The maximum atomic E-state index is 11.9. The number of hydrogen-bond donors (Lipinski definition) is 2. The summed E-state index contributed by atoms with van der Waals surface area (Å²) in [4.78, 5) is 14.0. The Labute approximate surface area is 161 Å². The van der Waals surface area contributed by atoms with E-state index < -0.39 is 0 Å². The van der Waals surface area contributed by atoms with Crippen LogP contribution in [0.4, 0.5) is 11.4 Å². The Balaban J connectivity index is 1.97. The Bertz CT molecular complexity index is 744. The van der Waals surface area contributed by atoms with Gasteiger partial charge in [0.15, 0.2) is 0 Å². The molecule has 1 amide bonds. The Morgan fingerprint density at radius 1 is 1.12 bits per heavy atom. The molecule has 0 saturated heterocycles. The summed E-state index contributed by atoms with van der Waals surface area (Å²) in [5, 5.41) is 7.17. The molecule has 0 bridgehead atoms. The van der Waals surface area contributed by atoms with Crippen molar-refractivity contribution in [3.8, 4) is 0 Å². The van der Waals surface area contributed by atoms with E-state index in [4.69, 9.17) is 11.6 Å². The van der Waals surface area contributed by atoms with Crippen LogP contribution in [0.5, 0.6) is 0 Å². The second-order valence-corrected chi connectivity index (χ2v) is 7.49. The lowest BCUT2D eigenvalue weighted by atomic mass is 10.1. The first-order valence-corrected chi connectivity index (χ1v) is 9.29. The van der Waals surface area contributed by atoms with Gasteiger partial charge in [0.2, 0.25) is 5.91 Å². The zero-order chi connectivity index (χ0) is 19.1. The number of anilines is 2. The molecule has 0 aliphatic carbocycles. The highest BCUT2D eigenvalue weighted by Crippen LogP contribution is 2.26. The first-order valence-electron chi connectivity index (χ1n) is 8.91. The van der Waals surface area contributed by atoms with Crippen LogP contribution in [-0.4, -0.2) is 20.0 Å². The molecule has 0 saturated carbocycles. The fourth-order valence-electron chi connectivity index (χ4n) is 2.81. The second-order valence-electron chi connectivity index (χ2n) is 7.08. The normalized spacial score (nSPS) is 10.8. The van der Waals surface area contributed by atoms with Crippen LogP contribution >= 0.6 is 11.6 Å². The number of carbonyl (C=O) groups is 1. The smallest absolute Gasteiger partial charge is 0.224 e. The van der Waals surface area contributed by atoms with Crippen LogP contribution < -0.4 is 15.5 Å². The average molecular weight is 374 g/mol. The van der Waals surface area contributed by atoms with Gasteiger partial charge in [-0.05, 0) is 35.7 Å². The van der Waals surface area contributed by atoms with Crippen molar-refractivity contribution in [2.24, 2.45) is 5.92 Å². The lowest BCUT2D eigenvalue weighted by Crippen LogP contribution is -2.18. The number of amides is 1. The molecule has 2 N–H and O–H groups in total. The molecule has 5 heteroatoms. The average Bonchev–Trinajstić information content (AvgIpc) is 2.55. The van der Waals surface area contributed by atoms with E-state index in [2.05, 4.69) is 21.6 Å². The third-order valence-corrected chi connectivity index (χ3v) is 4.37. The Morgan fingerprint density at radius 2 is 1.85 bits per heavy atom. The third-order valence-electron chi connectivity index (χ3n) is 4.01. The predicted molar refractivity (Wildman–Crippen MR) is 111 cm³/mol. The van der Waals surface area contributed by atoms with Crippen LogP contribution in [-0.2, 0) is 17.9 Å². The Morgan fingerprint density at radius 3 is 2.54 bits per heavy atom. The molecule has 0 spiro atoms. The summed E-state index contributed by atoms with van der Waals surface area (Å²) in [6.45, 7) is 5.45. The van der Waals surface area contributed by atoms with Crippen molar-refractivity contribution in [1.82, 2.24) is 5.32 Å². The molecule has 0 unspecified atom stereocenters. The molecular weight excluding hydrogens is 346 g/mol. The van der Waals surface area contributed by atoms with Crippen molar-refractivity contribution in [3.63, 3.8) is 0 Å². The fraction of sp³-hybridized carbons (Fsp3) is 0.381. The molecule has 0 aliphatic heterocycles. The number of carbonyl (C=O) groups excluding carboxylic acids is 1. The zero-order valence-electron chi connectivity index (χ0n) is 16.0. The van der Waals surface area contributed by atoms with Gasteiger partial charge in [-0.3, -0.25) is 4.79 Å². The van der Waals surface area contributed by atoms with Crippen molar-refractivity contribution < 1.29 is 4.79 Å². The topological polar surface area (TPSA) is 44.4 Å². The molecule has 140 valence electrons. The Hall–Kier alpha value is -2.04. The Kier molecular flexibility index (Phi) is 7.49. The molecule has 0 atom stereocenters. The van der Waals surface area contributed by atoms with E-state index in [1.54, 1.807) is 0 Å². The monoisotopic (exact) mass is 373 g/mol. The van der Waals surface area contributed by atoms with E-state index in [0.29, 0.717) is 25.4 Å². The first kappa shape index (κ1) is 20.3. The van der Waals surface area contributed by atoms with Crippen molar-refractivity contribution in [1.29, 1.82) is 0 Å². The second kappa shape index (κ2) is 9.60. The van der Waals surface area contributed by atoms with Crippen LogP contribution in [0.2, 0.25) is 5.02 Å². The highest BCUT2D eigenvalue weighted by molar-refractivity contribution is 6.31. The molecule has 4 nitrogen and oxygen atoms in total. The van der Waals surface area contributed by atoms with Gasteiger partial charge in [0.25, 0.3) is 0 Å². The maximum Gasteiger partial charge on any atom is 0.224 e. The summed E-state index contributed by atoms with van der Waals surface area (Å²) >= 11 is 6.37. The van der Waals surface area contributed by atoms with Gasteiger partial charge in [-0.15, -0.1) is 0 Å². The van der Waals surface area contributed by atoms with Gasteiger partial charge in [-0.25, -0.2) is 0 Å². The minimum Gasteiger partial charge on any atom is -0.377 e. The molecule has 2 aromatic carbocycles. The molecule has 0 radical (unpaired) electrons. The largest absolute Gasteiger partial charge is 0.377 e. The van der Waals surface area contributed by atoms with Gasteiger partial charge in [-0.1, -0.05) is 43.6 Å². The highest BCUT2D eigenvalue weighted by atomic mass is 35.5. The van der Waals surface area contributed by atoms with E-state index in [-0.39, 0.29) is 5.91 Å². The van der Waals surface area contributed by atoms with Crippen LogP contribution in [0.3, 0.4) is 0 Å². The van der Waals surface area contributed by atoms with Crippen LogP contribution in [0.1, 0.15) is 31.4 Å². The summed E-state index contributed by atoms with van der Waals surface area (Å²) in [5.74, 6) is 0.401. The standard InChI is InChI=1S/C21H28ClN3O/c1-15(2)11-21(26)24-17-8-5-7-16(12-17)13-23-14-18-19(22)9-6-10-20(18)25(3)4/h5-10,12,15,23H,11,13-14H2,1-4H3,(H,24,26). The van der Waals surface area contributed by atoms with E-state index in [0.717, 1.165) is 27.5 Å². The highest BCUT2D eigenvalue weighted by Gasteiger charge is 2.09. The van der Waals surface area contributed by atoms with Crippen molar-refractivity contribution in [2.45, 2.75) is 33.4 Å². The van der Waals surface area contributed by atoms with Gasteiger partial charge >= 0.3 is 0 Å². The summed E-state index contributed by atoms with van der Waals surface area (Å²) in [7, 11) is 4.02. The zero-order valence-corrected chi connectivity index (χ0v) is 16.7. The fourth-order valence-corrected chi connectivity index (χ4v) is 3.05. The van der Waals surface area contributed by atoms with Gasteiger partial charge in [0.1, 0.15) is 0 Å².